The number of anilines is 1. The molecule has 0 saturated heterocycles. The molecular formula is C21H16Cl5F3N2O2. The fourth-order valence-electron chi connectivity index (χ4n) is 3.41. The van der Waals surface area contributed by atoms with Crippen molar-refractivity contribution in [1.29, 1.82) is 0 Å². The normalized spacial score (nSPS) is 19.2. The van der Waals surface area contributed by atoms with Gasteiger partial charge in [-0.15, -0.1) is 23.2 Å². The molecule has 0 unspecified atom stereocenters. The highest BCUT2D eigenvalue weighted by Gasteiger charge is 2.67. The Morgan fingerprint density at radius 3 is 2.24 bits per heavy atom. The van der Waals surface area contributed by atoms with Gasteiger partial charge < -0.3 is 10.6 Å². The Balaban J connectivity index is 1.67. The van der Waals surface area contributed by atoms with Crippen LogP contribution in [0.3, 0.4) is 0 Å². The lowest BCUT2D eigenvalue weighted by Gasteiger charge is -2.11. The van der Waals surface area contributed by atoms with Gasteiger partial charge in [-0.05, 0) is 48.4 Å². The van der Waals surface area contributed by atoms with Gasteiger partial charge in [0.1, 0.15) is 4.33 Å². The number of hydrogen-bond donors (Lipinski definition) is 2. The molecule has 0 bridgehead atoms. The molecule has 2 amide bonds. The third-order valence-corrected chi connectivity index (χ3v) is 6.69. The third kappa shape index (κ3) is 6.61. The second kappa shape index (κ2) is 10.1. The largest absolute Gasteiger partial charge is 0.389 e. The molecule has 2 aromatic carbocycles. The molecule has 33 heavy (non-hydrogen) atoms. The number of carbonyl (C=O) groups is 2. The summed E-state index contributed by atoms with van der Waals surface area (Å²) in [6.45, 7) is -0.182. The van der Waals surface area contributed by atoms with Crippen molar-refractivity contribution in [3.63, 3.8) is 0 Å². The van der Waals surface area contributed by atoms with E-state index in [9.17, 15) is 22.8 Å². The first-order valence-corrected chi connectivity index (χ1v) is 11.5. The van der Waals surface area contributed by atoms with Gasteiger partial charge >= 0.3 is 6.18 Å². The van der Waals surface area contributed by atoms with Gasteiger partial charge in [0.05, 0.1) is 16.5 Å². The van der Waals surface area contributed by atoms with Gasteiger partial charge in [-0.3, -0.25) is 9.59 Å². The molecule has 178 valence electrons. The Hall–Kier alpha value is -1.38. The number of carbonyl (C=O) groups excluding carboxylic acids is 2. The molecule has 0 spiro atoms. The Morgan fingerprint density at radius 1 is 1.00 bits per heavy atom. The van der Waals surface area contributed by atoms with Crippen LogP contribution in [0.5, 0.6) is 0 Å². The van der Waals surface area contributed by atoms with Crippen LogP contribution < -0.4 is 10.6 Å². The zero-order valence-corrected chi connectivity index (χ0v) is 20.4. The van der Waals surface area contributed by atoms with Gasteiger partial charge in [0.15, 0.2) is 0 Å². The summed E-state index contributed by atoms with van der Waals surface area (Å²) in [5, 5.41) is 5.83. The maximum atomic E-state index is 12.8. The molecule has 12 heteroatoms. The minimum atomic E-state index is -4.30. The summed E-state index contributed by atoms with van der Waals surface area (Å²) >= 11 is 30.8. The molecule has 1 fully saturated rings. The van der Waals surface area contributed by atoms with E-state index in [0.717, 1.165) is 0 Å². The number of benzene rings is 2. The number of hydrogen-bond acceptors (Lipinski definition) is 2. The molecule has 4 nitrogen and oxygen atoms in total. The van der Waals surface area contributed by atoms with Crippen LogP contribution in [-0.2, 0) is 4.79 Å². The number of alkyl halides is 5. The Kier molecular flexibility index (Phi) is 8.01. The van der Waals surface area contributed by atoms with E-state index in [0.29, 0.717) is 15.6 Å². The van der Waals surface area contributed by atoms with Crippen LogP contribution in [0.4, 0.5) is 18.9 Å². The first kappa shape index (κ1) is 26.2. The van der Waals surface area contributed by atoms with Crippen molar-refractivity contribution >= 4 is 75.5 Å². The quantitative estimate of drug-likeness (QED) is 0.276. The topological polar surface area (TPSA) is 58.2 Å². The second-order valence-corrected chi connectivity index (χ2v) is 10.2. The summed E-state index contributed by atoms with van der Waals surface area (Å²) < 4.78 is 35.3. The highest BCUT2D eigenvalue weighted by molar-refractivity contribution is 6.53. The lowest BCUT2D eigenvalue weighted by atomic mass is 10.1. The van der Waals surface area contributed by atoms with Crippen LogP contribution in [-0.4, -0.2) is 28.9 Å². The molecule has 0 radical (unpaired) electrons. The molecule has 2 N–H and O–H groups in total. The summed E-state index contributed by atoms with van der Waals surface area (Å²) in [6, 6.07) is 8.95. The van der Waals surface area contributed by atoms with E-state index in [1.54, 1.807) is 12.1 Å². The summed E-state index contributed by atoms with van der Waals surface area (Å²) in [5.74, 6) is -2.54. The van der Waals surface area contributed by atoms with Crippen molar-refractivity contribution in [3.05, 3.63) is 62.6 Å². The van der Waals surface area contributed by atoms with Crippen molar-refractivity contribution in [3.8, 4) is 0 Å². The summed E-state index contributed by atoms with van der Waals surface area (Å²) in [7, 11) is 0. The molecular weight excluding hydrogens is 547 g/mol. The average molecular weight is 563 g/mol. The van der Waals surface area contributed by atoms with Crippen molar-refractivity contribution in [2.75, 3.05) is 11.9 Å². The van der Waals surface area contributed by atoms with E-state index < -0.39 is 40.6 Å². The minimum Gasteiger partial charge on any atom is -0.352 e. The fourth-order valence-corrected chi connectivity index (χ4v) is 4.98. The lowest BCUT2D eigenvalue weighted by molar-refractivity contribution is -0.135. The van der Waals surface area contributed by atoms with Gasteiger partial charge in [0.2, 0.25) is 5.91 Å². The number of halogens is 8. The molecule has 1 saturated carbocycles. The van der Waals surface area contributed by atoms with Crippen LogP contribution in [0.1, 0.15) is 34.7 Å². The van der Waals surface area contributed by atoms with E-state index in [4.69, 9.17) is 58.0 Å². The predicted molar refractivity (Wildman–Crippen MR) is 125 cm³/mol. The predicted octanol–water partition coefficient (Wildman–Crippen LogP) is 7.25. The summed E-state index contributed by atoms with van der Waals surface area (Å²) in [6.07, 6.45) is -5.59. The van der Waals surface area contributed by atoms with Crippen LogP contribution in [0.15, 0.2) is 36.4 Å². The molecule has 3 rings (SSSR count). The first-order valence-electron chi connectivity index (χ1n) is 9.59. The minimum absolute atomic E-state index is 0.00143. The van der Waals surface area contributed by atoms with Gasteiger partial charge in [0.25, 0.3) is 5.91 Å². The summed E-state index contributed by atoms with van der Waals surface area (Å²) in [4.78, 5) is 25.2. The third-order valence-electron chi connectivity index (χ3n) is 4.98. The highest BCUT2D eigenvalue weighted by Crippen LogP contribution is 2.65. The zero-order valence-electron chi connectivity index (χ0n) is 16.6. The molecule has 1 aliphatic carbocycles. The number of rotatable bonds is 7. The molecule has 0 heterocycles. The van der Waals surface area contributed by atoms with E-state index >= 15 is 0 Å². The maximum absolute atomic E-state index is 12.8. The standard InChI is InChI=1S/C21H16Cl5F3N2O2/c22-11-6-10(7-12(23)8-11)16-17(21(16,25)26)19(33)31-13-2-3-15(24)14(9-13)18(32)30-5-1-4-20(27,28)29/h2-3,6-9,16-17H,1,4-5H2,(H,30,32)(H,31,33)/t16-,17+/m0/s1. The molecule has 2 aromatic rings. The first-order chi connectivity index (χ1) is 15.3. The van der Waals surface area contributed by atoms with Crippen LogP contribution in [0.2, 0.25) is 15.1 Å². The Morgan fingerprint density at radius 2 is 1.64 bits per heavy atom. The second-order valence-electron chi connectivity index (χ2n) is 7.49. The molecule has 2 atom stereocenters. The Labute approximate surface area is 212 Å². The van der Waals surface area contributed by atoms with E-state index in [1.807, 2.05) is 0 Å². The highest BCUT2D eigenvalue weighted by atomic mass is 35.5. The SMILES string of the molecule is O=C(NCCCC(F)(F)F)c1cc(NC(=O)[C@H]2[C@H](c3cc(Cl)cc(Cl)c3)C2(Cl)Cl)ccc1Cl. The lowest BCUT2D eigenvalue weighted by Crippen LogP contribution is -2.26. The van der Waals surface area contributed by atoms with Crippen molar-refractivity contribution in [2.45, 2.75) is 29.3 Å². The molecule has 1 aliphatic rings. The van der Waals surface area contributed by atoms with Crippen molar-refractivity contribution in [2.24, 2.45) is 5.92 Å². The molecule has 0 aromatic heterocycles. The number of nitrogens with one attached hydrogen (secondary N) is 2. The van der Waals surface area contributed by atoms with E-state index in [1.165, 1.54) is 24.3 Å². The van der Waals surface area contributed by atoms with Crippen LogP contribution >= 0.6 is 58.0 Å². The zero-order chi connectivity index (χ0) is 24.6. The van der Waals surface area contributed by atoms with E-state index in [-0.39, 0.29) is 29.2 Å². The van der Waals surface area contributed by atoms with Gasteiger partial charge in [0, 0.05) is 34.6 Å². The van der Waals surface area contributed by atoms with Crippen LogP contribution in [0, 0.1) is 5.92 Å². The Bertz CT molecular complexity index is 1060. The van der Waals surface area contributed by atoms with Crippen molar-refractivity contribution < 1.29 is 22.8 Å². The fraction of sp³-hybridized carbons (Fsp3) is 0.333. The monoisotopic (exact) mass is 560 g/mol. The maximum Gasteiger partial charge on any atom is 0.389 e. The smallest absolute Gasteiger partial charge is 0.352 e. The van der Waals surface area contributed by atoms with Gasteiger partial charge in [-0.1, -0.05) is 34.8 Å². The number of amides is 2. The van der Waals surface area contributed by atoms with Crippen molar-refractivity contribution in [1.82, 2.24) is 5.32 Å². The molecule has 0 aliphatic heterocycles. The average Bonchev–Trinajstić information content (AvgIpc) is 3.27. The van der Waals surface area contributed by atoms with Gasteiger partial charge in [-0.2, -0.15) is 13.2 Å². The summed E-state index contributed by atoms with van der Waals surface area (Å²) in [5.41, 5.74) is 0.842. The van der Waals surface area contributed by atoms with Gasteiger partial charge in [-0.25, -0.2) is 0 Å². The van der Waals surface area contributed by atoms with E-state index in [2.05, 4.69) is 10.6 Å². The van der Waals surface area contributed by atoms with Crippen LogP contribution in [0.25, 0.3) is 0 Å².